The minimum Gasteiger partial charge on any atom is -0.497 e. The molecule has 2 aromatic rings. The van der Waals surface area contributed by atoms with Crippen LogP contribution in [0.2, 0.25) is 0 Å². The highest BCUT2D eigenvalue weighted by atomic mass is 16.5. The van der Waals surface area contributed by atoms with Crippen LogP contribution in [0.25, 0.3) is 0 Å². The average Bonchev–Trinajstić information content (AvgIpc) is 2.78. The second-order valence-electron chi connectivity index (χ2n) is 5.42. The lowest BCUT2D eigenvalue weighted by Gasteiger charge is -2.26. The molecule has 1 heterocycles. The molecule has 0 amide bonds. The molecule has 2 rings (SSSR count). The molecule has 0 saturated carbocycles. The molecular formula is C16H23N3O. The summed E-state index contributed by atoms with van der Waals surface area (Å²) in [6.45, 7) is 7.01. The van der Waals surface area contributed by atoms with Crippen molar-refractivity contribution in [1.29, 1.82) is 0 Å². The number of hydrogen-bond donors (Lipinski definition) is 1. The molecule has 2 N–H and O–H groups in total. The summed E-state index contributed by atoms with van der Waals surface area (Å²) in [5.74, 6) is 0.833. The SMILES string of the molecule is CCn1nc(C)cc1CC(C)(N)c1cccc(OC)c1. The van der Waals surface area contributed by atoms with Gasteiger partial charge < -0.3 is 10.5 Å². The number of ether oxygens (including phenoxy) is 1. The van der Waals surface area contributed by atoms with Crippen molar-refractivity contribution >= 4 is 0 Å². The lowest BCUT2D eigenvalue weighted by Crippen LogP contribution is -2.36. The highest BCUT2D eigenvalue weighted by Crippen LogP contribution is 2.26. The van der Waals surface area contributed by atoms with Crippen molar-refractivity contribution in [2.45, 2.75) is 39.3 Å². The molecule has 1 aromatic heterocycles. The largest absolute Gasteiger partial charge is 0.497 e. The second kappa shape index (κ2) is 5.67. The van der Waals surface area contributed by atoms with Crippen molar-refractivity contribution in [3.05, 3.63) is 47.3 Å². The van der Waals surface area contributed by atoms with Gasteiger partial charge in [0.25, 0.3) is 0 Å². The lowest BCUT2D eigenvalue weighted by molar-refractivity contribution is 0.409. The van der Waals surface area contributed by atoms with Crippen LogP contribution < -0.4 is 10.5 Å². The number of nitrogens with two attached hydrogens (primary N) is 1. The van der Waals surface area contributed by atoms with Crippen molar-refractivity contribution < 1.29 is 4.74 Å². The highest BCUT2D eigenvalue weighted by molar-refractivity contribution is 5.34. The minimum atomic E-state index is -0.450. The molecule has 1 unspecified atom stereocenters. The van der Waals surface area contributed by atoms with E-state index in [1.807, 2.05) is 42.8 Å². The van der Waals surface area contributed by atoms with Crippen molar-refractivity contribution in [3.8, 4) is 5.75 Å². The number of hydrogen-bond acceptors (Lipinski definition) is 3. The highest BCUT2D eigenvalue weighted by Gasteiger charge is 2.24. The molecule has 0 aliphatic rings. The van der Waals surface area contributed by atoms with Crippen LogP contribution in [0.3, 0.4) is 0 Å². The maximum Gasteiger partial charge on any atom is 0.119 e. The Balaban J connectivity index is 2.29. The van der Waals surface area contributed by atoms with Crippen molar-refractivity contribution in [2.75, 3.05) is 7.11 Å². The maximum atomic E-state index is 6.53. The summed E-state index contributed by atoms with van der Waals surface area (Å²) in [6.07, 6.45) is 0.745. The van der Waals surface area contributed by atoms with E-state index in [0.717, 1.165) is 35.7 Å². The monoisotopic (exact) mass is 273 g/mol. The summed E-state index contributed by atoms with van der Waals surface area (Å²) in [5.41, 5.74) is 9.34. The fourth-order valence-corrected chi connectivity index (χ4v) is 2.47. The van der Waals surface area contributed by atoms with Crippen molar-refractivity contribution in [1.82, 2.24) is 9.78 Å². The molecule has 4 heteroatoms. The third kappa shape index (κ3) is 3.02. The number of aryl methyl sites for hydroxylation is 2. The zero-order valence-corrected chi connectivity index (χ0v) is 12.7. The first-order valence-corrected chi connectivity index (χ1v) is 6.93. The quantitative estimate of drug-likeness (QED) is 0.911. The average molecular weight is 273 g/mol. The Kier molecular flexibility index (Phi) is 4.14. The predicted molar refractivity (Wildman–Crippen MR) is 80.9 cm³/mol. The molecule has 108 valence electrons. The Morgan fingerprint density at radius 1 is 1.35 bits per heavy atom. The van der Waals surface area contributed by atoms with Gasteiger partial charge >= 0.3 is 0 Å². The van der Waals surface area contributed by atoms with E-state index >= 15 is 0 Å². The fraction of sp³-hybridized carbons (Fsp3) is 0.438. The standard InChI is InChI=1S/C16H23N3O/c1-5-19-14(9-12(2)18-19)11-16(3,17)13-7-6-8-15(10-13)20-4/h6-10H,5,11,17H2,1-4H3. The number of aromatic nitrogens is 2. The minimum absolute atomic E-state index is 0.450. The Hall–Kier alpha value is -1.81. The Bertz CT molecular complexity index is 587. The van der Waals surface area contributed by atoms with E-state index < -0.39 is 5.54 Å². The molecule has 0 bridgehead atoms. The Morgan fingerprint density at radius 2 is 2.10 bits per heavy atom. The van der Waals surface area contributed by atoms with Gasteiger partial charge in [0.15, 0.2) is 0 Å². The summed E-state index contributed by atoms with van der Waals surface area (Å²) in [5, 5.41) is 4.48. The predicted octanol–water partition coefficient (Wildman–Crippen LogP) is 2.64. The van der Waals surface area contributed by atoms with Gasteiger partial charge in [-0.15, -0.1) is 0 Å². The third-order valence-corrected chi connectivity index (χ3v) is 3.56. The van der Waals surface area contributed by atoms with Gasteiger partial charge in [-0.05, 0) is 44.5 Å². The Morgan fingerprint density at radius 3 is 2.75 bits per heavy atom. The molecule has 0 saturated heterocycles. The van der Waals surface area contributed by atoms with Crippen LogP contribution in [0.1, 0.15) is 30.8 Å². The molecule has 4 nitrogen and oxygen atoms in total. The summed E-state index contributed by atoms with van der Waals surface area (Å²) in [6, 6.07) is 10.1. The summed E-state index contributed by atoms with van der Waals surface area (Å²) >= 11 is 0. The van der Waals surface area contributed by atoms with Gasteiger partial charge in [0.1, 0.15) is 5.75 Å². The van der Waals surface area contributed by atoms with Crippen LogP contribution >= 0.6 is 0 Å². The van der Waals surface area contributed by atoms with Gasteiger partial charge in [0.2, 0.25) is 0 Å². The number of methoxy groups -OCH3 is 1. The normalized spacial score (nSPS) is 14.1. The van der Waals surface area contributed by atoms with Gasteiger partial charge in [-0.1, -0.05) is 12.1 Å². The number of rotatable bonds is 5. The molecule has 0 aliphatic carbocycles. The first kappa shape index (κ1) is 14.6. The van der Waals surface area contributed by atoms with Crippen LogP contribution in [0.4, 0.5) is 0 Å². The molecule has 1 aromatic carbocycles. The number of benzene rings is 1. The third-order valence-electron chi connectivity index (χ3n) is 3.56. The fourth-order valence-electron chi connectivity index (χ4n) is 2.47. The van der Waals surface area contributed by atoms with Crippen LogP contribution in [-0.4, -0.2) is 16.9 Å². The first-order chi connectivity index (χ1) is 9.46. The van der Waals surface area contributed by atoms with Crippen LogP contribution in [-0.2, 0) is 18.5 Å². The van der Waals surface area contributed by atoms with E-state index in [4.69, 9.17) is 10.5 Å². The lowest BCUT2D eigenvalue weighted by atomic mass is 9.88. The topological polar surface area (TPSA) is 53.1 Å². The zero-order valence-electron chi connectivity index (χ0n) is 12.7. The van der Waals surface area contributed by atoms with Gasteiger partial charge in [-0.2, -0.15) is 5.10 Å². The van der Waals surface area contributed by atoms with E-state index in [2.05, 4.69) is 18.1 Å². The summed E-state index contributed by atoms with van der Waals surface area (Å²) in [4.78, 5) is 0. The molecule has 20 heavy (non-hydrogen) atoms. The van der Waals surface area contributed by atoms with E-state index in [1.54, 1.807) is 7.11 Å². The van der Waals surface area contributed by atoms with E-state index in [0.29, 0.717) is 0 Å². The van der Waals surface area contributed by atoms with Gasteiger partial charge in [-0.3, -0.25) is 4.68 Å². The van der Waals surface area contributed by atoms with Gasteiger partial charge in [0, 0.05) is 24.2 Å². The van der Waals surface area contributed by atoms with Crippen LogP contribution in [0.15, 0.2) is 30.3 Å². The molecule has 1 atom stereocenters. The summed E-state index contributed by atoms with van der Waals surface area (Å²) in [7, 11) is 1.67. The maximum absolute atomic E-state index is 6.53. The van der Waals surface area contributed by atoms with E-state index in [1.165, 1.54) is 0 Å². The van der Waals surface area contributed by atoms with E-state index in [-0.39, 0.29) is 0 Å². The molecule has 0 spiro atoms. The van der Waals surface area contributed by atoms with Crippen molar-refractivity contribution in [2.24, 2.45) is 5.73 Å². The summed E-state index contributed by atoms with van der Waals surface area (Å²) < 4.78 is 7.29. The van der Waals surface area contributed by atoms with E-state index in [9.17, 15) is 0 Å². The molecule has 0 aliphatic heterocycles. The molecular weight excluding hydrogens is 250 g/mol. The number of nitrogens with zero attached hydrogens (tertiary/aromatic N) is 2. The van der Waals surface area contributed by atoms with Gasteiger partial charge in [0.05, 0.1) is 12.8 Å². The van der Waals surface area contributed by atoms with Crippen LogP contribution in [0.5, 0.6) is 5.75 Å². The zero-order chi connectivity index (χ0) is 14.8. The van der Waals surface area contributed by atoms with Crippen molar-refractivity contribution in [3.63, 3.8) is 0 Å². The first-order valence-electron chi connectivity index (χ1n) is 6.93. The molecule has 0 radical (unpaired) electrons. The Labute approximate surface area is 120 Å². The second-order valence-corrected chi connectivity index (χ2v) is 5.42. The van der Waals surface area contributed by atoms with Gasteiger partial charge in [-0.25, -0.2) is 0 Å². The molecule has 0 fully saturated rings. The van der Waals surface area contributed by atoms with Crippen LogP contribution in [0, 0.1) is 6.92 Å². The smallest absolute Gasteiger partial charge is 0.119 e.